The maximum atomic E-state index is 5.51. The summed E-state index contributed by atoms with van der Waals surface area (Å²) in [5.74, 6) is 1.45. The van der Waals surface area contributed by atoms with Gasteiger partial charge in [0.05, 0.1) is 12.4 Å². The normalized spacial score (nSPS) is 10.3. The van der Waals surface area contributed by atoms with Crippen molar-refractivity contribution >= 4 is 5.82 Å². The second kappa shape index (κ2) is 4.61. The van der Waals surface area contributed by atoms with Crippen molar-refractivity contribution < 1.29 is 4.74 Å². The van der Waals surface area contributed by atoms with Crippen LogP contribution in [0.3, 0.4) is 0 Å². The fraction of sp³-hybridized carbons (Fsp3) is 0.300. The average molecular weight is 219 g/mol. The van der Waals surface area contributed by atoms with E-state index in [-0.39, 0.29) is 0 Å². The van der Waals surface area contributed by atoms with Crippen LogP contribution in [-0.4, -0.2) is 19.7 Å². The highest BCUT2D eigenvalue weighted by atomic mass is 16.5. The monoisotopic (exact) mass is 219 g/mol. The molecule has 0 spiro atoms. The summed E-state index contributed by atoms with van der Waals surface area (Å²) in [5, 5.41) is 4.14. The van der Waals surface area contributed by atoms with Crippen LogP contribution < -0.4 is 10.5 Å². The molecule has 16 heavy (non-hydrogen) atoms. The van der Waals surface area contributed by atoms with E-state index in [2.05, 4.69) is 22.0 Å². The van der Waals surface area contributed by atoms with Crippen molar-refractivity contribution in [2.24, 2.45) is 0 Å². The van der Waals surface area contributed by atoms with Gasteiger partial charge in [0, 0.05) is 12.6 Å². The topological polar surface area (TPSA) is 78.9 Å². The number of anilines is 1. The van der Waals surface area contributed by atoms with Gasteiger partial charge in [-0.2, -0.15) is 5.10 Å². The first-order valence-corrected chi connectivity index (χ1v) is 5.05. The highest BCUT2D eigenvalue weighted by molar-refractivity contribution is 5.33. The van der Waals surface area contributed by atoms with E-state index in [0.29, 0.717) is 17.4 Å². The zero-order chi connectivity index (χ0) is 11.4. The van der Waals surface area contributed by atoms with Gasteiger partial charge in [-0.15, -0.1) is 0 Å². The summed E-state index contributed by atoms with van der Waals surface area (Å²) in [7, 11) is 0. The number of hydrogen-bond acceptors (Lipinski definition) is 5. The van der Waals surface area contributed by atoms with Gasteiger partial charge in [-0.1, -0.05) is 6.92 Å². The molecule has 0 aliphatic rings. The predicted octanol–water partition coefficient (Wildman–Crippen LogP) is 1.46. The van der Waals surface area contributed by atoms with Gasteiger partial charge in [0.2, 0.25) is 5.88 Å². The number of ether oxygens (including phenoxy) is 1. The molecule has 0 bridgehead atoms. The SMILES string of the molecule is CCCn1cc(Oc2cc(N)ncn2)cn1. The van der Waals surface area contributed by atoms with Crippen molar-refractivity contribution in [3.63, 3.8) is 0 Å². The molecule has 2 aromatic heterocycles. The lowest BCUT2D eigenvalue weighted by atomic mass is 10.5. The Balaban J connectivity index is 2.08. The molecular formula is C10H13N5O. The van der Waals surface area contributed by atoms with Gasteiger partial charge < -0.3 is 10.5 Å². The first-order chi connectivity index (χ1) is 7.78. The molecule has 2 rings (SSSR count). The van der Waals surface area contributed by atoms with E-state index in [1.54, 1.807) is 12.3 Å². The van der Waals surface area contributed by atoms with Crippen molar-refractivity contribution in [1.29, 1.82) is 0 Å². The van der Waals surface area contributed by atoms with Crippen LogP contribution in [-0.2, 0) is 6.54 Å². The van der Waals surface area contributed by atoms with Crippen LogP contribution in [0.25, 0.3) is 0 Å². The molecule has 6 nitrogen and oxygen atoms in total. The maximum absolute atomic E-state index is 5.51. The predicted molar refractivity (Wildman–Crippen MR) is 59.0 cm³/mol. The Bertz CT molecular complexity index is 468. The van der Waals surface area contributed by atoms with E-state index >= 15 is 0 Å². The lowest BCUT2D eigenvalue weighted by Crippen LogP contribution is -1.95. The summed E-state index contributed by atoms with van der Waals surface area (Å²) in [6, 6.07) is 1.57. The fourth-order valence-electron chi connectivity index (χ4n) is 1.28. The highest BCUT2D eigenvalue weighted by Gasteiger charge is 2.02. The summed E-state index contributed by atoms with van der Waals surface area (Å²) in [6.45, 7) is 2.96. The lowest BCUT2D eigenvalue weighted by molar-refractivity contribution is 0.460. The van der Waals surface area contributed by atoms with Gasteiger partial charge >= 0.3 is 0 Å². The molecule has 2 heterocycles. The van der Waals surface area contributed by atoms with Gasteiger partial charge in [0.1, 0.15) is 12.1 Å². The van der Waals surface area contributed by atoms with E-state index in [0.717, 1.165) is 13.0 Å². The molecule has 0 radical (unpaired) electrons. The van der Waals surface area contributed by atoms with Crippen LogP contribution in [0.15, 0.2) is 24.8 Å². The number of aryl methyl sites for hydroxylation is 1. The number of hydrogen-bond donors (Lipinski definition) is 1. The molecule has 0 fully saturated rings. The molecule has 0 atom stereocenters. The molecule has 6 heteroatoms. The molecular weight excluding hydrogens is 206 g/mol. The zero-order valence-corrected chi connectivity index (χ0v) is 9.00. The van der Waals surface area contributed by atoms with E-state index < -0.39 is 0 Å². The Hall–Kier alpha value is -2.11. The van der Waals surface area contributed by atoms with Crippen molar-refractivity contribution in [2.75, 3.05) is 5.73 Å². The first kappa shape index (κ1) is 10.4. The number of nitrogen functional groups attached to an aromatic ring is 1. The van der Waals surface area contributed by atoms with Crippen LogP contribution in [0.1, 0.15) is 13.3 Å². The van der Waals surface area contributed by atoms with Crippen molar-refractivity contribution in [3.8, 4) is 11.6 Å². The smallest absolute Gasteiger partial charge is 0.224 e. The molecule has 0 saturated heterocycles. The molecule has 0 unspecified atom stereocenters. The highest BCUT2D eigenvalue weighted by Crippen LogP contribution is 2.18. The Morgan fingerprint density at radius 2 is 2.31 bits per heavy atom. The second-order valence-corrected chi connectivity index (χ2v) is 3.32. The number of nitrogens with two attached hydrogens (primary N) is 1. The molecule has 0 aliphatic carbocycles. The number of aromatic nitrogens is 4. The maximum Gasteiger partial charge on any atom is 0.224 e. The van der Waals surface area contributed by atoms with Crippen LogP contribution in [0.5, 0.6) is 11.6 Å². The van der Waals surface area contributed by atoms with Gasteiger partial charge in [0.25, 0.3) is 0 Å². The van der Waals surface area contributed by atoms with Crippen LogP contribution >= 0.6 is 0 Å². The standard InChI is InChI=1S/C10H13N5O/c1-2-3-15-6-8(5-14-15)16-10-4-9(11)12-7-13-10/h4-7H,2-3H2,1H3,(H2,11,12,13). The van der Waals surface area contributed by atoms with Crippen molar-refractivity contribution in [2.45, 2.75) is 19.9 Å². The third-order valence-electron chi connectivity index (χ3n) is 1.95. The quantitative estimate of drug-likeness (QED) is 0.842. The Morgan fingerprint density at radius 3 is 3.06 bits per heavy atom. The lowest BCUT2D eigenvalue weighted by Gasteiger charge is -2.00. The third kappa shape index (κ3) is 2.47. The largest absolute Gasteiger partial charge is 0.436 e. The van der Waals surface area contributed by atoms with E-state index in [1.165, 1.54) is 6.33 Å². The molecule has 2 aromatic rings. The molecule has 84 valence electrons. The summed E-state index contributed by atoms with van der Waals surface area (Å²) >= 11 is 0. The second-order valence-electron chi connectivity index (χ2n) is 3.32. The van der Waals surface area contributed by atoms with E-state index in [1.807, 2.05) is 10.9 Å². The fourth-order valence-corrected chi connectivity index (χ4v) is 1.28. The van der Waals surface area contributed by atoms with Crippen molar-refractivity contribution in [3.05, 3.63) is 24.8 Å². The molecule has 0 saturated carbocycles. The average Bonchev–Trinajstić information content (AvgIpc) is 2.66. The molecule has 0 aliphatic heterocycles. The minimum absolute atomic E-state index is 0.381. The van der Waals surface area contributed by atoms with E-state index in [4.69, 9.17) is 10.5 Å². The Labute approximate surface area is 93.1 Å². The Morgan fingerprint density at radius 1 is 1.44 bits per heavy atom. The summed E-state index contributed by atoms with van der Waals surface area (Å²) in [5.41, 5.74) is 5.51. The summed E-state index contributed by atoms with van der Waals surface area (Å²) < 4.78 is 7.29. The minimum Gasteiger partial charge on any atom is -0.436 e. The van der Waals surface area contributed by atoms with Gasteiger partial charge in [0.15, 0.2) is 5.75 Å². The third-order valence-corrected chi connectivity index (χ3v) is 1.95. The van der Waals surface area contributed by atoms with Crippen LogP contribution in [0.4, 0.5) is 5.82 Å². The van der Waals surface area contributed by atoms with E-state index in [9.17, 15) is 0 Å². The number of nitrogens with zero attached hydrogens (tertiary/aromatic N) is 4. The minimum atomic E-state index is 0.381. The van der Waals surface area contributed by atoms with Crippen LogP contribution in [0.2, 0.25) is 0 Å². The van der Waals surface area contributed by atoms with Gasteiger partial charge in [-0.3, -0.25) is 4.68 Å². The van der Waals surface area contributed by atoms with Gasteiger partial charge in [-0.05, 0) is 6.42 Å². The van der Waals surface area contributed by atoms with Crippen molar-refractivity contribution in [1.82, 2.24) is 19.7 Å². The van der Waals surface area contributed by atoms with Gasteiger partial charge in [-0.25, -0.2) is 9.97 Å². The first-order valence-electron chi connectivity index (χ1n) is 5.05. The summed E-state index contributed by atoms with van der Waals surface area (Å²) in [4.78, 5) is 7.72. The number of rotatable bonds is 4. The molecule has 2 N–H and O–H groups in total. The molecule has 0 amide bonds. The zero-order valence-electron chi connectivity index (χ0n) is 9.00. The summed E-state index contributed by atoms with van der Waals surface area (Å²) in [6.07, 6.45) is 5.86. The Kier molecular flexibility index (Phi) is 3.00. The van der Waals surface area contributed by atoms with Crippen LogP contribution in [0, 0.1) is 0 Å². The molecule has 0 aromatic carbocycles.